The zero-order valence-corrected chi connectivity index (χ0v) is 10.1. The van der Waals surface area contributed by atoms with E-state index in [1.165, 1.54) is 12.2 Å². The Bertz CT molecular complexity index is 233. The Hall–Kier alpha value is -1.07. The molecule has 0 aliphatic carbocycles. The summed E-state index contributed by atoms with van der Waals surface area (Å²) in [6, 6.07) is 0. The smallest absolute Gasteiger partial charge is 0.407 e. The molecule has 5 nitrogen and oxygen atoms in total. The number of alkyl carbamates (subject to hydrolysis) is 1. The lowest BCUT2D eigenvalue weighted by molar-refractivity contribution is 0.0522. The monoisotopic (exact) mass is 231 g/mol. The zero-order valence-electron chi connectivity index (χ0n) is 10.1. The van der Waals surface area contributed by atoms with E-state index in [-0.39, 0.29) is 6.61 Å². The first-order valence-electron chi connectivity index (χ1n) is 5.27. The SMILES string of the molecule is CC(C)(C)OC(=O)NCCC(O)/C=C/CO. The minimum Gasteiger partial charge on any atom is -0.444 e. The fourth-order valence-corrected chi connectivity index (χ4v) is 0.950. The maximum absolute atomic E-state index is 11.2. The molecule has 0 heterocycles. The number of amides is 1. The summed E-state index contributed by atoms with van der Waals surface area (Å²) < 4.78 is 5.01. The van der Waals surface area contributed by atoms with Gasteiger partial charge in [0, 0.05) is 6.54 Å². The van der Waals surface area contributed by atoms with Crippen LogP contribution in [-0.2, 0) is 4.74 Å². The van der Waals surface area contributed by atoms with Crippen molar-refractivity contribution in [3.63, 3.8) is 0 Å². The Kier molecular flexibility index (Phi) is 6.76. The number of ether oxygens (including phenoxy) is 1. The molecule has 94 valence electrons. The molecule has 0 saturated heterocycles. The number of aliphatic hydroxyl groups excluding tert-OH is 2. The van der Waals surface area contributed by atoms with Gasteiger partial charge >= 0.3 is 6.09 Å². The molecule has 1 unspecified atom stereocenters. The molecule has 0 aromatic rings. The molecule has 3 N–H and O–H groups in total. The third-order valence-electron chi connectivity index (χ3n) is 1.57. The van der Waals surface area contributed by atoms with E-state index in [4.69, 9.17) is 9.84 Å². The topological polar surface area (TPSA) is 78.8 Å². The molecule has 16 heavy (non-hydrogen) atoms. The molecule has 0 fully saturated rings. The van der Waals surface area contributed by atoms with Crippen molar-refractivity contribution in [3.05, 3.63) is 12.2 Å². The van der Waals surface area contributed by atoms with Crippen molar-refractivity contribution in [3.8, 4) is 0 Å². The van der Waals surface area contributed by atoms with Crippen LogP contribution < -0.4 is 5.32 Å². The van der Waals surface area contributed by atoms with Gasteiger partial charge in [0.15, 0.2) is 0 Å². The van der Waals surface area contributed by atoms with E-state index in [2.05, 4.69) is 5.32 Å². The summed E-state index contributed by atoms with van der Waals surface area (Å²) in [5, 5.41) is 20.3. The average molecular weight is 231 g/mol. The summed E-state index contributed by atoms with van der Waals surface area (Å²) >= 11 is 0. The van der Waals surface area contributed by atoms with Crippen LogP contribution in [0.4, 0.5) is 4.79 Å². The van der Waals surface area contributed by atoms with Gasteiger partial charge in [0.2, 0.25) is 0 Å². The molecule has 0 aliphatic heterocycles. The van der Waals surface area contributed by atoms with Crippen LogP contribution >= 0.6 is 0 Å². The number of rotatable bonds is 5. The second kappa shape index (κ2) is 7.24. The van der Waals surface area contributed by atoms with E-state index in [0.29, 0.717) is 13.0 Å². The number of aliphatic hydroxyl groups is 2. The molecule has 0 rings (SSSR count). The largest absolute Gasteiger partial charge is 0.444 e. The first-order valence-corrected chi connectivity index (χ1v) is 5.27. The van der Waals surface area contributed by atoms with E-state index >= 15 is 0 Å². The van der Waals surface area contributed by atoms with Crippen LogP contribution in [0.1, 0.15) is 27.2 Å². The minimum atomic E-state index is -0.665. The molecule has 0 radical (unpaired) electrons. The molecule has 0 aromatic heterocycles. The summed E-state index contributed by atoms with van der Waals surface area (Å²) in [6.07, 6.45) is 2.16. The number of nitrogens with one attached hydrogen (secondary N) is 1. The molecule has 0 aromatic carbocycles. The lowest BCUT2D eigenvalue weighted by atomic mass is 10.2. The normalized spacial score (nSPS) is 13.8. The standard InChI is InChI=1S/C11H21NO4/c1-11(2,3)16-10(15)12-7-6-9(14)5-4-8-13/h4-5,9,13-14H,6-8H2,1-3H3,(H,12,15)/b5-4+. The average Bonchev–Trinajstić information content (AvgIpc) is 2.11. The lowest BCUT2D eigenvalue weighted by Gasteiger charge is -2.19. The van der Waals surface area contributed by atoms with Gasteiger partial charge in [-0.1, -0.05) is 12.2 Å². The third-order valence-corrected chi connectivity index (χ3v) is 1.57. The molecular weight excluding hydrogens is 210 g/mol. The number of hydrogen-bond donors (Lipinski definition) is 3. The Morgan fingerprint density at radius 2 is 2.12 bits per heavy atom. The van der Waals surface area contributed by atoms with Crippen LogP contribution in [0.25, 0.3) is 0 Å². The predicted molar refractivity (Wildman–Crippen MR) is 61.1 cm³/mol. The maximum Gasteiger partial charge on any atom is 0.407 e. The van der Waals surface area contributed by atoms with Gasteiger partial charge in [-0.3, -0.25) is 0 Å². The zero-order chi connectivity index (χ0) is 12.6. The van der Waals surface area contributed by atoms with Crippen molar-refractivity contribution < 1.29 is 19.7 Å². The minimum absolute atomic E-state index is 0.101. The Labute approximate surface area is 96.1 Å². The number of carbonyl (C=O) groups is 1. The van der Waals surface area contributed by atoms with Crippen molar-refractivity contribution in [2.24, 2.45) is 0 Å². The Morgan fingerprint density at radius 3 is 2.62 bits per heavy atom. The highest BCUT2D eigenvalue weighted by atomic mass is 16.6. The van der Waals surface area contributed by atoms with E-state index in [0.717, 1.165) is 0 Å². The molecule has 0 bridgehead atoms. The summed E-state index contributed by atoms with van der Waals surface area (Å²) in [5.74, 6) is 0. The number of hydrogen-bond acceptors (Lipinski definition) is 4. The van der Waals surface area contributed by atoms with Crippen LogP contribution in [0.5, 0.6) is 0 Å². The number of carbonyl (C=O) groups excluding carboxylic acids is 1. The van der Waals surface area contributed by atoms with Gasteiger partial charge in [-0.25, -0.2) is 4.79 Å². The molecule has 0 aliphatic rings. The molecule has 0 saturated carbocycles. The third kappa shape index (κ3) is 9.48. The molecule has 1 atom stereocenters. The van der Waals surface area contributed by atoms with Crippen LogP contribution in [0.15, 0.2) is 12.2 Å². The summed E-state index contributed by atoms with van der Waals surface area (Å²) in [6.45, 7) is 5.57. The van der Waals surface area contributed by atoms with Crippen molar-refractivity contribution >= 4 is 6.09 Å². The van der Waals surface area contributed by atoms with Crippen LogP contribution in [0, 0.1) is 0 Å². The second-order valence-electron chi connectivity index (χ2n) is 4.40. The van der Waals surface area contributed by atoms with Crippen molar-refractivity contribution in [2.45, 2.75) is 38.9 Å². The fourth-order valence-electron chi connectivity index (χ4n) is 0.950. The van der Waals surface area contributed by atoms with Gasteiger partial charge in [0.05, 0.1) is 12.7 Å². The van der Waals surface area contributed by atoms with Crippen molar-refractivity contribution in [2.75, 3.05) is 13.2 Å². The highest BCUT2D eigenvalue weighted by Gasteiger charge is 2.15. The van der Waals surface area contributed by atoms with Gasteiger partial charge in [-0.15, -0.1) is 0 Å². The maximum atomic E-state index is 11.2. The van der Waals surface area contributed by atoms with E-state index in [9.17, 15) is 9.90 Å². The van der Waals surface area contributed by atoms with Crippen molar-refractivity contribution in [1.29, 1.82) is 0 Å². The highest BCUT2D eigenvalue weighted by Crippen LogP contribution is 2.06. The van der Waals surface area contributed by atoms with Crippen LogP contribution in [-0.4, -0.2) is 41.2 Å². The summed E-state index contributed by atoms with van der Waals surface area (Å²) in [4.78, 5) is 11.2. The first kappa shape index (κ1) is 14.9. The fraction of sp³-hybridized carbons (Fsp3) is 0.727. The Morgan fingerprint density at radius 1 is 1.50 bits per heavy atom. The van der Waals surface area contributed by atoms with Crippen molar-refractivity contribution in [1.82, 2.24) is 5.32 Å². The molecule has 5 heteroatoms. The van der Waals surface area contributed by atoms with Crippen LogP contribution in [0.2, 0.25) is 0 Å². The van der Waals surface area contributed by atoms with Crippen LogP contribution in [0.3, 0.4) is 0 Å². The summed E-state index contributed by atoms with van der Waals surface area (Å²) in [7, 11) is 0. The van der Waals surface area contributed by atoms with Gasteiger partial charge in [-0.05, 0) is 27.2 Å². The predicted octanol–water partition coefficient (Wildman–Crippen LogP) is 0.811. The van der Waals surface area contributed by atoms with E-state index in [1.54, 1.807) is 20.8 Å². The summed E-state index contributed by atoms with van der Waals surface area (Å²) in [5.41, 5.74) is -0.514. The van der Waals surface area contributed by atoms with Gasteiger partial charge < -0.3 is 20.3 Å². The molecular formula is C11H21NO4. The molecule has 0 spiro atoms. The quantitative estimate of drug-likeness (QED) is 0.612. The first-order chi connectivity index (χ1) is 7.35. The Balaban J connectivity index is 3.66. The van der Waals surface area contributed by atoms with Gasteiger partial charge in [0.1, 0.15) is 5.60 Å². The van der Waals surface area contributed by atoms with E-state index < -0.39 is 17.8 Å². The second-order valence-corrected chi connectivity index (χ2v) is 4.40. The van der Waals surface area contributed by atoms with Gasteiger partial charge in [-0.2, -0.15) is 0 Å². The molecule has 1 amide bonds. The van der Waals surface area contributed by atoms with E-state index in [1.807, 2.05) is 0 Å². The van der Waals surface area contributed by atoms with Gasteiger partial charge in [0.25, 0.3) is 0 Å². The lowest BCUT2D eigenvalue weighted by Crippen LogP contribution is -2.33. The highest BCUT2D eigenvalue weighted by molar-refractivity contribution is 5.67.